The van der Waals surface area contributed by atoms with Gasteiger partial charge in [-0.1, -0.05) is 72.8 Å². The van der Waals surface area contributed by atoms with E-state index in [1.165, 1.54) is 33.4 Å². The van der Waals surface area contributed by atoms with Gasteiger partial charge in [0.15, 0.2) is 12.6 Å². The van der Waals surface area contributed by atoms with Crippen LogP contribution in [0.4, 0.5) is 0 Å². The molecule has 2 fully saturated rings. The van der Waals surface area contributed by atoms with Crippen molar-refractivity contribution in [2.45, 2.75) is 18.0 Å². The Morgan fingerprint density at radius 1 is 0.561 bits per heavy atom. The van der Waals surface area contributed by atoms with E-state index in [0.29, 0.717) is 39.6 Å². The van der Waals surface area contributed by atoms with Gasteiger partial charge in [-0.25, -0.2) is 0 Å². The molecule has 41 heavy (non-hydrogen) atoms. The van der Waals surface area contributed by atoms with E-state index in [-0.39, 0.29) is 19.4 Å². The summed E-state index contributed by atoms with van der Waals surface area (Å²) in [6.07, 6.45) is -0.164. The van der Waals surface area contributed by atoms with Crippen molar-refractivity contribution >= 4 is 0 Å². The van der Waals surface area contributed by atoms with Gasteiger partial charge in [-0.2, -0.15) is 0 Å². The molecule has 4 aromatic rings. The minimum Gasteiger partial charge on any atom is -0.491 e. The minimum atomic E-state index is -0.484. The van der Waals surface area contributed by atoms with Crippen LogP contribution < -0.4 is 9.47 Å². The smallest absolute Gasteiger partial charge is 0.183 e. The van der Waals surface area contributed by atoms with Crippen LogP contribution in [0.1, 0.15) is 22.3 Å². The van der Waals surface area contributed by atoms with Crippen LogP contribution in [0.5, 0.6) is 11.5 Å². The predicted molar refractivity (Wildman–Crippen MR) is 152 cm³/mol. The first-order valence-electron chi connectivity index (χ1n) is 14.0. The van der Waals surface area contributed by atoms with E-state index in [2.05, 4.69) is 72.8 Å². The molecule has 4 aromatic carbocycles. The summed E-state index contributed by atoms with van der Waals surface area (Å²) in [4.78, 5) is 0. The predicted octanol–water partition coefficient (Wildman–Crippen LogP) is 5.53. The third kappa shape index (κ3) is 5.47. The lowest BCUT2D eigenvalue weighted by atomic mass is 9.68. The molecule has 7 nitrogen and oxygen atoms in total. The molecule has 0 radical (unpaired) electrons. The average molecular weight is 553 g/mol. The van der Waals surface area contributed by atoms with Crippen LogP contribution in [0, 0.1) is 0 Å². The molecule has 210 valence electrons. The largest absolute Gasteiger partial charge is 0.491 e. The average Bonchev–Trinajstić information content (AvgIpc) is 3.97. The first kappa shape index (κ1) is 26.2. The Morgan fingerprint density at radius 3 is 1.59 bits per heavy atom. The van der Waals surface area contributed by atoms with Crippen molar-refractivity contribution in [1.82, 2.24) is 0 Å². The van der Waals surface area contributed by atoms with Crippen molar-refractivity contribution in [2.24, 2.45) is 0 Å². The quantitative estimate of drug-likeness (QED) is 0.102. The van der Waals surface area contributed by atoms with Gasteiger partial charge in [-0.05, 0) is 57.6 Å². The van der Waals surface area contributed by atoms with Gasteiger partial charge >= 0.3 is 0 Å². The van der Waals surface area contributed by atoms with E-state index in [0.717, 1.165) is 11.5 Å². The van der Waals surface area contributed by atoms with Crippen molar-refractivity contribution in [3.05, 3.63) is 119 Å². The molecule has 1 aliphatic carbocycles. The van der Waals surface area contributed by atoms with Gasteiger partial charge in [-0.15, -0.1) is 0 Å². The highest BCUT2D eigenvalue weighted by Crippen LogP contribution is 2.56. The summed E-state index contributed by atoms with van der Waals surface area (Å²) in [6.45, 7) is 3.38. The lowest BCUT2D eigenvalue weighted by molar-refractivity contribution is -0.0912. The highest BCUT2D eigenvalue weighted by atomic mass is 16.8. The lowest BCUT2D eigenvalue weighted by Crippen LogP contribution is -2.28. The fraction of sp³-hybridized carbons (Fsp3) is 0.294. The Balaban J connectivity index is 1.16. The topological polar surface area (TPSA) is 71.2 Å². The van der Waals surface area contributed by atoms with Gasteiger partial charge in [0, 0.05) is 0 Å². The summed E-state index contributed by atoms with van der Waals surface area (Å²) in [5, 5.41) is 0. The maximum absolute atomic E-state index is 5.96. The van der Waals surface area contributed by atoms with Gasteiger partial charge in [-0.3, -0.25) is 0 Å². The summed E-state index contributed by atoms with van der Waals surface area (Å²) in [7, 11) is 0. The van der Waals surface area contributed by atoms with Crippen molar-refractivity contribution in [3.63, 3.8) is 0 Å². The van der Waals surface area contributed by atoms with E-state index in [1.54, 1.807) is 0 Å². The zero-order valence-electron chi connectivity index (χ0n) is 22.7. The second kappa shape index (κ2) is 11.6. The van der Waals surface area contributed by atoms with E-state index in [9.17, 15) is 0 Å². The number of hydrogen-bond acceptors (Lipinski definition) is 7. The summed E-state index contributed by atoms with van der Waals surface area (Å²) in [5.41, 5.74) is 6.87. The van der Waals surface area contributed by atoms with Gasteiger partial charge in [0.25, 0.3) is 0 Å². The summed E-state index contributed by atoms with van der Waals surface area (Å²) in [6, 6.07) is 34.2. The van der Waals surface area contributed by atoms with Crippen molar-refractivity contribution in [3.8, 4) is 22.6 Å². The molecular weight excluding hydrogens is 520 g/mol. The minimum absolute atomic E-state index is 0.0597. The third-order valence-corrected chi connectivity index (χ3v) is 7.62. The lowest BCUT2D eigenvalue weighted by Gasteiger charge is -2.34. The first-order valence-corrected chi connectivity index (χ1v) is 14.0. The third-order valence-electron chi connectivity index (χ3n) is 7.62. The highest BCUT2D eigenvalue weighted by molar-refractivity contribution is 5.86. The summed E-state index contributed by atoms with van der Waals surface area (Å²) in [5.74, 6) is 1.60. The van der Waals surface area contributed by atoms with Gasteiger partial charge in [0.2, 0.25) is 0 Å². The Kier molecular flexibility index (Phi) is 7.44. The molecule has 0 spiro atoms. The molecule has 0 bridgehead atoms. The van der Waals surface area contributed by atoms with Crippen LogP contribution in [0.3, 0.4) is 0 Å². The molecule has 2 heterocycles. The molecule has 2 saturated heterocycles. The van der Waals surface area contributed by atoms with Crippen LogP contribution in [0.25, 0.3) is 11.1 Å². The Hall–Kier alpha value is -3.72. The first-order chi connectivity index (χ1) is 20.3. The molecule has 7 rings (SSSR count). The van der Waals surface area contributed by atoms with Crippen LogP contribution in [0.2, 0.25) is 0 Å². The maximum atomic E-state index is 5.96. The SMILES string of the molecule is c1ccc2c(c1)-c1ccccc1C2(c1ccc(OCCOCO[C@H]2CO2)cc1)c1ccc(OCCO[C@H]2CO2)cc1. The number of ether oxygens (including phenoxy) is 7. The molecule has 2 atom stereocenters. The molecule has 0 unspecified atom stereocenters. The fourth-order valence-electron chi connectivity index (χ4n) is 5.64. The van der Waals surface area contributed by atoms with Crippen molar-refractivity contribution < 1.29 is 33.2 Å². The molecule has 7 heteroatoms. The summed E-state index contributed by atoms with van der Waals surface area (Å²) < 4.78 is 38.3. The molecule has 0 saturated carbocycles. The zero-order valence-corrected chi connectivity index (χ0v) is 22.7. The van der Waals surface area contributed by atoms with Crippen LogP contribution >= 0.6 is 0 Å². The monoisotopic (exact) mass is 552 g/mol. The van der Waals surface area contributed by atoms with Crippen LogP contribution in [-0.2, 0) is 29.1 Å². The van der Waals surface area contributed by atoms with E-state index in [1.807, 2.05) is 24.3 Å². The standard InChI is InChI=1S/C34H32O7/c1-3-7-30-28(5-1)29-6-2-4-8-31(29)34(30,25-11-15-27(16-12-25)37-19-20-38-32-21-39-32)24-9-13-26(14-10-24)36-18-17-35-23-41-33-22-40-33/h1-16,32-33H,17-23H2/t32-,33+/m1/s1. The maximum Gasteiger partial charge on any atom is 0.183 e. The Labute approximate surface area is 239 Å². The second-order valence-corrected chi connectivity index (χ2v) is 10.2. The van der Waals surface area contributed by atoms with E-state index in [4.69, 9.17) is 33.2 Å². The Bertz CT molecular complexity index is 1410. The normalized spacial score (nSPS) is 19.3. The number of rotatable bonds is 14. The highest BCUT2D eigenvalue weighted by Gasteiger charge is 2.45. The second-order valence-electron chi connectivity index (χ2n) is 10.2. The fourth-order valence-corrected chi connectivity index (χ4v) is 5.64. The van der Waals surface area contributed by atoms with E-state index < -0.39 is 5.41 Å². The molecule has 3 aliphatic rings. The number of epoxide rings is 2. The van der Waals surface area contributed by atoms with Crippen molar-refractivity contribution in [1.29, 1.82) is 0 Å². The van der Waals surface area contributed by atoms with Gasteiger partial charge < -0.3 is 33.2 Å². The van der Waals surface area contributed by atoms with Gasteiger partial charge in [0.05, 0.1) is 18.6 Å². The molecule has 0 aromatic heterocycles. The molecular formula is C34H32O7. The summed E-state index contributed by atoms with van der Waals surface area (Å²) >= 11 is 0. The number of fused-ring (bicyclic) bond motifs is 3. The number of benzene rings is 4. The van der Waals surface area contributed by atoms with Crippen molar-refractivity contribution in [2.75, 3.05) is 46.4 Å². The Morgan fingerprint density at radius 2 is 1.05 bits per heavy atom. The molecule has 2 aliphatic heterocycles. The van der Waals surface area contributed by atoms with Crippen LogP contribution in [0.15, 0.2) is 97.1 Å². The number of hydrogen-bond donors (Lipinski definition) is 0. The van der Waals surface area contributed by atoms with E-state index >= 15 is 0 Å². The zero-order chi connectivity index (χ0) is 27.5. The van der Waals surface area contributed by atoms with Gasteiger partial charge in [0.1, 0.15) is 44.7 Å². The molecule has 0 N–H and O–H groups in total. The molecule has 0 amide bonds. The van der Waals surface area contributed by atoms with Crippen LogP contribution in [-0.4, -0.2) is 59.0 Å².